The van der Waals surface area contributed by atoms with Gasteiger partial charge in [0.2, 0.25) is 0 Å². The van der Waals surface area contributed by atoms with Crippen LogP contribution in [0.5, 0.6) is 0 Å². The lowest BCUT2D eigenvalue weighted by Crippen LogP contribution is -1.52. The molecule has 0 N–H and O–H groups in total. The molecule has 0 aromatic heterocycles. The van der Waals surface area contributed by atoms with Gasteiger partial charge < -0.3 is 0 Å². The second kappa shape index (κ2) is 5.45. The average molecular weight is 168 g/mol. The minimum Gasteiger partial charge on any atom is -0.0622 e. The molecule has 2 heteroatoms. The van der Waals surface area contributed by atoms with Crippen molar-refractivity contribution in [1.29, 1.82) is 0 Å². The first kappa shape index (κ1) is 7.76. The lowest BCUT2D eigenvalue weighted by atomic mass is 10.4. The van der Waals surface area contributed by atoms with E-state index < -0.39 is 0 Å². The number of hydrogen-bond acceptors (Lipinski definition) is 2. The van der Waals surface area contributed by atoms with E-state index in [-0.39, 0.29) is 0 Å². The Labute approximate surface area is 69.2 Å². The van der Waals surface area contributed by atoms with Crippen LogP contribution in [0, 0.1) is 0 Å². The van der Waals surface area contributed by atoms with Gasteiger partial charge in [-0.05, 0) is 10.8 Å². The molecule has 0 aliphatic carbocycles. The number of rotatable bonds is 0. The molecule has 10 heavy (non-hydrogen) atoms. The minimum atomic E-state index is 1.72. The third-order valence-electron chi connectivity index (χ3n) is 0.879. The Bertz CT molecular complexity index is 165. The molecule has 0 fully saturated rings. The van der Waals surface area contributed by atoms with Crippen LogP contribution in [0.4, 0.5) is 0 Å². The first-order valence-corrected chi connectivity index (χ1v) is 5.25. The standard InChI is InChI=1S/C8H8S2/c1-2-4-6-8-10-9-7-5-3-1/h1-8H. The third-order valence-corrected chi connectivity index (χ3v) is 2.53. The highest BCUT2D eigenvalue weighted by Gasteiger charge is 1.75. The van der Waals surface area contributed by atoms with Gasteiger partial charge in [0.25, 0.3) is 0 Å². The fraction of sp³-hybridized carbons (Fsp3) is 0. The van der Waals surface area contributed by atoms with E-state index in [9.17, 15) is 0 Å². The van der Waals surface area contributed by atoms with Crippen LogP contribution >= 0.6 is 21.6 Å². The Morgan fingerprint density at radius 1 is 0.500 bits per heavy atom. The van der Waals surface area contributed by atoms with E-state index in [0.717, 1.165) is 0 Å². The summed E-state index contributed by atoms with van der Waals surface area (Å²) in [6.07, 6.45) is 12.1. The summed E-state index contributed by atoms with van der Waals surface area (Å²) in [6, 6.07) is 0. The van der Waals surface area contributed by atoms with E-state index in [2.05, 4.69) is 10.8 Å². The zero-order chi connectivity index (χ0) is 7.07. The molecule has 0 spiro atoms. The Kier molecular flexibility index (Phi) is 4.23. The van der Waals surface area contributed by atoms with Crippen LogP contribution in [-0.2, 0) is 0 Å². The summed E-state index contributed by atoms with van der Waals surface area (Å²) < 4.78 is 0. The summed E-state index contributed by atoms with van der Waals surface area (Å²) >= 11 is 0. The normalized spacial score (nSPS) is 17.6. The van der Waals surface area contributed by atoms with Gasteiger partial charge in [0.15, 0.2) is 0 Å². The minimum absolute atomic E-state index is 1.72. The Morgan fingerprint density at radius 2 is 0.900 bits per heavy atom. The molecule has 0 aromatic carbocycles. The van der Waals surface area contributed by atoms with E-state index >= 15 is 0 Å². The predicted octanol–water partition coefficient (Wildman–Crippen LogP) is 3.52. The maximum Gasteiger partial charge on any atom is -0.0178 e. The predicted molar refractivity (Wildman–Crippen MR) is 51.7 cm³/mol. The maximum atomic E-state index is 2.06. The van der Waals surface area contributed by atoms with Crippen LogP contribution < -0.4 is 0 Å². The smallest absolute Gasteiger partial charge is 0.0178 e. The second-order valence-corrected chi connectivity index (χ2v) is 3.70. The summed E-state index contributed by atoms with van der Waals surface area (Å²) in [5.41, 5.74) is 0. The topological polar surface area (TPSA) is 0 Å². The van der Waals surface area contributed by atoms with Crippen LogP contribution in [0.1, 0.15) is 0 Å². The molecule has 0 saturated heterocycles. The van der Waals surface area contributed by atoms with Crippen molar-refractivity contribution < 1.29 is 0 Å². The highest BCUT2D eigenvalue weighted by atomic mass is 33.1. The molecule has 52 valence electrons. The van der Waals surface area contributed by atoms with E-state index in [1.54, 1.807) is 21.6 Å². The van der Waals surface area contributed by atoms with Gasteiger partial charge in [-0.1, -0.05) is 58.0 Å². The Hall–Kier alpha value is -0.340. The maximum absolute atomic E-state index is 2.06. The molecule has 1 heterocycles. The summed E-state index contributed by atoms with van der Waals surface area (Å²) in [5.74, 6) is 0. The largest absolute Gasteiger partial charge is 0.0622 e. The molecule has 1 rings (SSSR count). The second-order valence-electron chi connectivity index (χ2n) is 1.62. The van der Waals surface area contributed by atoms with Gasteiger partial charge in [-0.2, -0.15) is 0 Å². The molecular weight excluding hydrogens is 160 g/mol. The zero-order valence-corrected chi connectivity index (χ0v) is 7.07. The fourth-order valence-corrected chi connectivity index (χ4v) is 1.68. The van der Waals surface area contributed by atoms with Crippen molar-refractivity contribution in [1.82, 2.24) is 0 Å². The number of hydrogen-bond donors (Lipinski definition) is 0. The van der Waals surface area contributed by atoms with Crippen molar-refractivity contribution >= 4 is 21.6 Å². The van der Waals surface area contributed by atoms with Crippen molar-refractivity contribution in [3.8, 4) is 0 Å². The van der Waals surface area contributed by atoms with Crippen LogP contribution in [-0.4, -0.2) is 0 Å². The summed E-state index contributed by atoms with van der Waals surface area (Å²) in [6.45, 7) is 0. The molecule has 1 aliphatic rings. The van der Waals surface area contributed by atoms with Crippen molar-refractivity contribution in [2.45, 2.75) is 0 Å². The molecule has 0 saturated carbocycles. The summed E-state index contributed by atoms with van der Waals surface area (Å²) in [4.78, 5) is 0. The molecule has 0 bridgehead atoms. The molecule has 0 unspecified atom stereocenters. The molecule has 0 amide bonds. The van der Waals surface area contributed by atoms with Gasteiger partial charge in [-0.15, -0.1) is 0 Å². The third kappa shape index (κ3) is 3.64. The first-order valence-electron chi connectivity index (χ1n) is 2.97. The highest BCUT2D eigenvalue weighted by Crippen LogP contribution is 2.23. The molecular formula is C8H8S2. The molecule has 0 radical (unpaired) electrons. The van der Waals surface area contributed by atoms with Gasteiger partial charge in [0, 0.05) is 0 Å². The highest BCUT2D eigenvalue weighted by molar-refractivity contribution is 8.78. The quantitative estimate of drug-likeness (QED) is 0.507. The average Bonchev–Trinajstić information content (AvgIpc) is 2.01. The summed E-state index contributed by atoms with van der Waals surface area (Å²) in [7, 11) is 3.43. The van der Waals surface area contributed by atoms with E-state index in [0.29, 0.717) is 0 Å². The van der Waals surface area contributed by atoms with Crippen molar-refractivity contribution in [2.75, 3.05) is 0 Å². The zero-order valence-electron chi connectivity index (χ0n) is 5.44. The van der Waals surface area contributed by atoms with Crippen LogP contribution in [0.15, 0.2) is 47.3 Å². The van der Waals surface area contributed by atoms with Crippen LogP contribution in [0.25, 0.3) is 0 Å². The summed E-state index contributed by atoms with van der Waals surface area (Å²) in [5, 5.41) is 4.12. The molecule has 0 aromatic rings. The van der Waals surface area contributed by atoms with Crippen molar-refractivity contribution in [3.05, 3.63) is 47.3 Å². The Morgan fingerprint density at radius 3 is 1.40 bits per heavy atom. The van der Waals surface area contributed by atoms with E-state index in [1.165, 1.54) is 0 Å². The lowest BCUT2D eigenvalue weighted by molar-refractivity contribution is 1.90. The number of allylic oxidation sites excluding steroid dienone is 6. The van der Waals surface area contributed by atoms with Crippen molar-refractivity contribution in [2.24, 2.45) is 0 Å². The molecule has 0 atom stereocenters. The van der Waals surface area contributed by atoms with Gasteiger partial charge in [-0.25, -0.2) is 0 Å². The SMILES string of the molecule is C1=CC=CSSC=CC=C1. The van der Waals surface area contributed by atoms with Gasteiger partial charge in [0.1, 0.15) is 0 Å². The fourth-order valence-electron chi connectivity index (χ4n) is 0.476. The van der Waals surface area contributed by atoms with Crippen LogP contribution in [0.3, 0.4) is 0 Å². The first-order chi connectivity index (χ1) is 5.00. The van der Waals surface area contributed by atoms with E-state index in [4.69, 9.17) is 0 Å². The van der Waals surface area contributed by atoms with Gasteiger partial charge >= 0.3 is 0 Å². The Balaban J connectivity index is 2.53. The van der Waals surface area contributed by atoms with Gasteiger partial charge in [-0.3, -0.25) is 0 Å². The monoisotopic (exact) mass is 168 g/mol. The van der Waals surface area contributed by atoms with E-state index in [1.807, 2.05) is 36.5 Å². The van der Waals surface area contributed by atoms with Crippen LogP contribution in [0.2, 0.25) is 0 Å². The van der Waals surface area contributed by atoms with Gasteiger partial charge in [0.05, 0.1) is 0 Å². The lowest BCUT2D eigenvalue weighted by Gasteiger charge is -1.84. The van der Waals surface area contributed by atoms with Crippen molar-refractivity contribution in [3.63, 3.8) is 0 Å². The molecule has 1 aliphatic heterocycles. The molecule has 0 nitrogen and oxygen atoms in total.